The van der Waals surface area contributed by atoms with Crippen LogP contribution in [0.25, 0.3) is 0 Å². The van der Waals surface area contributed by atoms with Crippen LogP contribution in [0, 0.1) is 19.7 Å². The summed E-state index contributed by atoms with van der Waals surface area (Å²) in [4.78, 5) is 39.2. The van der Waals surface area contributed by atoms with Crippen molar-refractivity contribution < 1.29 is 28.2 Å². The topological polar surface area (TPSA) is 85.5 Å². The molecule has 26 heavy (non-hydrogen) atoms. The Bertz CT molecular complexity index is 836. The van der Waals surface area contributed by atoms with Gasteiger partial charge in [-0.15, -0.1) is 0 Å². The molecule has 0 radical (unpaired) electrons. The quantitative estimate of drug-likeness (QED) is 0.630. The Morgan fingerprint density at radius 3 is 2.27 bits per heavy atom. The van der Waals surface area contributed by atoms with Crippen LogP contribution in [0.2, 0.25) is 0 Å². The molecule has 0 unspecified atom stereocenters. The highest BCUT2D eigenvalue weighted by atomic mass is 19.1. The second kappa shape index (κ2) is 7.95. The minimum absolute atomic E-state index is 0.0881. The number of esters is 2. The number of benzene rings is 1. The normalized spacial score (nSPS) is 10.7. The van der Waals surface area contributed by atoms with E-state index in [0.29, 0.717) is 11.3 Å². The van der Waals surface area contributed by atoms with E-state index in [1.54, 1.807) is 27.7 Å². The van der Waals surface area contributed by atoms with Gasteiger partial charge in [-0.1, -0.05) is 0 Å². The summed E-state index contributed by atoms with van der Waals surface area (Å²) in [7, 11) is 0. The molecule has 0 saturated heterocycles. The summed E-state index contributed by atoms with van der Waals surface area (Å²) < 4.78 is 23.1. The Hall–Kier alpha value is -2.96. The molecule has 1 N–H and O–H groups in total. The average molecular weight is 361 g/mol. The number of ether oxygens (including phenoxy) is 2. The van der Waals surface area contributed by atoms with Gasteiger partial charge in [0.2, 0.25) is 0 Å². The van der Waals surface area contributed by atoms with Crippen molar-refractivity contribution in [1.82, 2.24) is 4.98 Å². The summed E-state index contributed by atoms with van der Waals surface area (Å²) in [5.74, 6) is -2.21. The Morgan fingerprint density at radius 2 is 1.69 bits per heavy atom. The maximum absolute atomic E-state index is 12.9. The molecule has 1 aromatic heterocycles. The summed E-state index contributed by atoms with van der Waals surface area (Å²) in [5, 5.41) is 0. The van der Waals surface area contributed by atoms with Crippen molar-refractivity contribution in [2.24, 2.45) is 0 Å². The number of aromatic amines is 1. The third-order valence-electron chi connectivity index (χ3n) is 3.69. The van der Waals surface area contributed by atoms with Gasteiger partial charge in [0.25, 0.3) is 0 Å². The first-order valence-electron chi connectivity index (χ1n) is 8.06. The predicted octanol–water partition coefficient (Wildman–Crippen LogP) is 3.38. The first-order chi connectivity index (χ1) is 12.2. The van der Waals surface area contributed by atoms with Gasteiger partial charge in [0.15, 0.2) is 12.4 Å². The summed E-state index contributed by atoms with van der Waals surface area (Å²) in [6.45, 7) is 6.20. The molecule has 0 aliphatic rings. The molecule has 138 valence electrons. The highest BCUT2D eigenvalue weighted by Gasteiger charge is 2.25. The lowest BCUT2D eigenvalue weighted by molar-refractivity contribution is 0.0376. The van der Waals surface area contributed by atoms with Crippen LogP contribution in [0.15, 0.2) is 24.3 Å². The van der Waals surface area contributed by atoms with Crippen LogP contribution >= 0.6 is 0 Å². The van der Waals surface area contributed by atoms with E-state index in [9.17, 15) is 18.8 Å². The van der Waals surface area contributed by atoms with Crippen LogP contribution in [-0.2, 0) is 9.47 Å². The molecule has 2 aromatic rings. The van der Waals surface area contributed by atoms with Crippen molar-refractivity contribution in [2.75, 3.05) is 6.61 Å². The Kier molecular flexibility index (Phi) is 5.92. The second-order valence-corrected chi connectivity index (χ2v) is 6.09. The van der Waals surface area contributed by atoms with Crippen LogP contribution in [-0.4, -0.2) is 35.4 Å². The molecule has 0 spiro atoms. The highest BCUT2D eigenvalue weighted by molar-refractivity contribution is 6.01. The molecule has 0 saturated carbocycles. The molecule has 1 aromatic carbocycles. The number of rotatable bonds is 6. The number of H-pyrrole nitrogens is 1. The number of carbonyl (C=O) groups excluding carboxylic acids is 3. The van der Waals surface area contributed by atoms with E-state index < -0.39 is 30.1 Å². The summed E-state index contributed by atoms with van der Waals surface area (Å²) in [5.41, 5.74) is 1.47. The molecule has 7 heteroatoms. The Balaban J connectivity index is 2.09. The highest BCUT2D eigenvalue weighted by Crippen LogP contribution is 2.20. The van der Waals surface area contributed by atoms with E-state index in [1.807, 2.05) is 0 Å². The fraction of sp³-hybridized carbons (Fsp3) is 0.316. The minimum atomic E-state index is -0.760. The second-order valence-electron chi connectivity index (χ2n) is 6.09. The van der Waals surface area contributed by atoms with Gasteiger partial charge in [-0.25, -0.2) is 14.0 Å². The number of nitrogens with one attached hydrogen (secondary N) is 1. The minimum Gasteiger partial charge on any atom is -0.459 e. The van der Waals surface area contributed by atoms with Crippen LogP contribution in [0.5, 0.6) is 0 Å². The average Bonchev–Trinajstić information content (AvgIpc) is 2.87. The molecule has 0 bridgehead atoms. The van der Waals surface area contributed by atoms with Crippen LogP contribution in [0.4, 0.5) is 4.39 Å². The molecule has 0 aliphatic heterocycles. The first-order valence-corrected chi connectivity index (χ1v) is 8.06. The number of aryl methyl sites for hydroxylation is 1. The zero-order valence-electron chi connectivity index (χ0n) is 15.0. The van der Waals surface area contributed by atoms with Gasteiger partial charge in [0.1, 0.15) is 11.5 Å². The van der Waals surface area contributed by atoms with Crippen molar-refractivity contribution >= 4 is 17.7 Å². The molecule has 0 atom stereocenters. The Labute approximate surface area is 150 Å². The van der Waals surface area contributed by atoms with E-state index in [1.165, 1.54) is 12.1 Å². The smallest absolute Gasteiger partial charge is 0.355 e. The zero-order chi connectivity index (χ0) is 19.4. The number of carbonyl (C=O) groups is 3. The zero-order valence-corrected chi connectivity index (χ0v) is 15.0. The number of aromatic nitrogens is 1. The Morgan fingerprint density at radius 1 is 1.08 bits per heavy atom. The van der Waals surface area contributed by atoms with Crippen molar-refractivity contribution in [3.8, 4) is 0 Å². The lowest BCUT2D eigenvalue weighted by Gasteiger charge is -2.08. The summed E-state index contributed by atoms with van der Waals surface area (Å²) in [6, 6.07) is 4.94. The largest absolute Gasteiger partial charge is 0.459 e. The van der Waals surface area contributed by atoms with Gasteiger partial charge in [0.05, 0.1) is 11.7 Å². The number of hydrogen-bond donors (Lipinski definition) is 1. The molecule has 6 nitrogen and oxygen atoms in total. The number of halogens is 1. The van der Waals surface area contributed by atoms with E-state index in [2.05, 4.69) is 4.98 Å². The number of ketones is 1. The third-order valence-corrected chi connectivity index (χ3v) is 3.69. The van der Waals surface area contributed by atoms with E-state index >= 15 is 0 Å². The molecule has 0 fully saturated rings. The van der Waals surface area contributed by atoms with Gasteiger partial charge in [-0.05, 0) is 57.5 Å². The monoisotopic (exact) mass is 361 g/mol. The molecule has 1 heterocycles. The maximum Gasteiger partial charge on any atom is 0.355 e. The fourth-order valence-electron chi connectivity index (χ4n) is 2.46. The lowest BCUT2D eigenvalue weighted by Crippen LogP contribution is -2.16. The summed E-state index contributed by atoms with van der Waals surface area (Å²) >= 11 is 0. The molecule has 0 amide bonds. The van der Waals surface area contributed by atoms with Crippen molar-refractivity contribution in [3.63, 3.8) is 0 Å². The van der Waals surface area contributed by atoms with E-state index in [4.69, 9.17) is 9.47 Å². The molecule has 2 rings (SSSR count). The fourth-order valence-corrected chi connectivity index (χ4v) is 2.46. The SMILES string of the molecule is Cc1[nH]c(C(=O)OCC(=O)c2ccc(F)cc2)c(C)c1C(=O)OC(C)C. The lowest BCUT2D eigenvalue weighted by atomic mass is 10.1. The van der Waals surface area contributed by atoms with Crippen molar-refractivity contribution in [3.05, 3.63) is 58.2 Å². The molecular weight excluding hydrogens is 341 g/mol. The standard InChI is InChI=1S/C19H20FNO5/c1-10(2)26-18(23)16-11(3)17(21-12(16)4)19(24)25-9-15(22)13-5-7-14(20)8-6-13/h5-8,10,21H,9H2,1-4H3. The van der Waals surface area contributed by atoms with Gasteiger partial charge in [-0.2, -0.15) is 0 Å². The molecule has 0 aliphatic carbocycles. The summed E-state index contributed by atoms with van der Waals surface area (Å²) in [6.07, 6.45) is -0.292. The van der Waals surface area contributed by atoms with Gasteiger partial charge in [-0.3, -0.25) is 4.79 Å². The number of Topliss-reactive ketones (excluding diaryl/α,β-unsaturated/α-hetero) is 1. The molecular formula is C19H20FNO5. The van der Waals surface area contributed by atoms with E-state index in [0.717, 1.165) is 12.1 Å². The van der Waals surface area contributed by atoms with Crippen LogP contribution < -0.4 is 0 Å². The van der Waals surface area contributed by atoms with Gasteiger partial charge < -0.3 is 14.5 Å². The van der Waals surface area contributed by atoms with E-state index in [-0.39, 0.29) is 22.9 Å². The number of hydrogen-bond acceptors (Lipinski definition) is 5. The van der Waals surface area contributed by atoms with Crippen LogP contribution in [0.1, 0.15) is 56.3 Å². The van der Waals surface area contributed by atoms with Crippen molar-refractivity contribution in [2.45, 2.75) is 33.8 Å². The third kappa shape index (κ3) is 4.36. The first kappa shape index (κ1) is 19.4. The van der Waals surface area contributed by atoms with Gasteiger partial charge >= 0.3 is 11.9 Å². The van der Waals surface area contributed by atoms with Crippen LogP contribution in [0.3, 0.4) is 0 Å². The predicted molar refractivity (Wildman–Crippen MR) is 91.8 cm³/mol. The van der Waals surface area contributed by atoms with Gasteiger partial charge in [0, 0.05) is 11.3 Å². The van der Waals surface area contributed by atoms with Crippen molar-refractivity contribution in [1.29, 1.82) is 0 Å². The maximum atomic E-state index is 12.9.